The molecule has 1 heterocycles. The Hall–Kier alpha value is -2.35. The molecule has 0 bridgehead atoms. The number of ether oxygens (including phenoxy) is 1. The number of rotatable bonds is 9. The van der Waals surface area contributed by atoms with Gasteiger partial charge in [0.2, 0.25) is 5.91 Å². The molecule has 1 saturated heterocycles. The van der Waals surface area contributed by atoms with Crippen molar-refractivity contribution in [1.82, 2.24) is 10.2 Å². The van der Waals surface area contributed by atoms with Gasteiger partial charge in [0, 0.05) is 43.2 Å². The third-order valence-electron chi connectivity index (χ3n) is 4.59. The van der Waals surface area contributed by atoms with Gasteiger partial charge in [0.1, 0.15) is 0 Å². The molecule has 2 N–H and O–H groups in total. The summed E-state index contributed by atoms with van der Waals surface area (Å²) in [4.78, 5) is 26.5. The molecule has 0 aromatic heterocycles. The maximum atomic E-state index is 12.3. The van der Waals surface area contributed by atoms with Crippen molar-refractivity contribution in [1.29, 1.82) is 0 Å². The predicted molar refractivity (Wildman–Crippen MR) is 117 cm³/mol. The van der Waals surface area contributed by atoms with Crippen LogP contribution in [-0.2, 0) is 15.3 Å². The number of para-hydroxylation sites is 1. The highest BCUT2D eigenvalue weighted by Crippen LogP contribution is 2.14. The van der Waals surface area contributed by atoms with Gasteiger partial charge in [-0.3, -0.25) is 14.5 Å². The Labute approximate surface area is 176 Å². The first-order chi connectivity index (χ1) is 14.2. The Bertz CT molecular complexity index is 778. The number of carbonyl (C=O) groups excluding carboxylic acids is 2. The van der Waals surface area contributed by atoms with Crippen LogP contribution in [0.4, 0.5) is 5.69 Å². The number of hydrogen-bond donors (Lipinski definition) is 2. The molecule has 1 aliphatic rings. The fraction of sp³-hybridized carbons (Fsp3) is 0.364. The summed E-state index contributed by atoms with van der Waals surface area (Å²) in [6.45, 7) is 4.85. The molecular weight excluding hydrogens is 386 g/mol. The van der Waals surface area contributed by atoms with E-state index in [1.165, 1.54) is 0 Å². The number of thioether (sulfide) groups is 1. The summed E-state index contributed by atoms with van der Waals surface area (Å²) >= 11 is 1.55. The smallest absolute Gasteiger partial charge is 0.251 e. The van der Waals surface area contributed by atoms with Gasteiger partial charge >= 0.3 is 0 Å². The number of benzene rings is 2. The first-order valence-electron chi connectivity index (χ1n) is 9.80. The van der Waals surface area contributed by atoms with Gasteiger partial charge in [0.15, 0.2) is 0 Å². The minimum Gasteiger partial charge on any atom is -0.379 e. The second kappa shape index (κ2) is 11.6. The van der Waals surface area contributed by atoms with Crippen molar-refractivity contribution in [2.24, 2.45) is 0 Å². The van der Waals surface area contributed by atoms with Gasteiger partial charge in [-0.2, -0.15) is 0 Å². The van der Waals surface area contributed by atoms with Crippen LogP contribution in [0.1, 0.15) is 15.9 Å². The van der Waals surface area contributed by atoms with Gasteiger partial charge < -0.3 is 15.4 Å². The Balaban J connectivity index is 1.34. The molecule has 2 aromatic rings. The van der Waals surface area contributed by atoms with E-state index in [1.807, 2.05) is 54.6 Å². The number of anilines is 1. The van der Waals surface area contributed by atoms with Crippen LogP contribution >= 0.6 is 11.8 Å². The van der Waals surface area contributed by atoms with Crippen LogP contribution in [0.5, 0.6) is 0 Å². The highest BCUT2D eigenvalue weighted by molar-refractivity contribution is 7.99. The summed E-state index contributed by atoms with van der Waals surface area (Å²) in [7, 11) is 0. The van der Waals surface area contributed by atoms with E-state index in [1.54, 1.807) is 11.8 Å². The summed E-state index contributed by atoms with van der Waals surface area (Å²) in [5, 5.41) is 5.84. The van der Waals surface area contributed by atoms with Crippen LogP contribution in [0.3, 0.4) is 0 Å². The molecule has 0 aliphatic carbocycles. The molecule has 2 aromatic carbocycles. The number of morpholine rings is 1. The molecule has 0 atom stereocenters. The maximum Gasteiger partial charge on any atom is 0.251 e. The Morgan fingerprint density at radius 1 is 1.00 bits per heavy atom. The lowest BCUT2D eigenvalue weighted by atomic mass is 10.1. The lowest BCUT2D eigenvalue weighted by Gasteiger charge is -2.26. The molecule has 154 valence electrons. The molecule has 29 heavy (non-hydrogen) atoms. The average Bonchev–Trinajstić information content (AvgIpc) is 2.75. The molecule has 0 spiro atoms. The van der Waals surface area contributed by atoms with E-state index in [2.05, 4.69) is 15.5 Å². The summed E-state index contributed by atoms with van der Waals surface area (Å²) in [5.74, 6) is 1.04. The van der Waals surface area contributed by atoms with E-state index in [4.69, 9.17) is 4.74 Å². The third-order valence-corrected chi connectivity index (χ3v) is 5.60. The van der Waals surface area contributed by atoms with Crippen molar-refractivity contribution >= 4 is 29.3 Å². The van der Waals surface area contributed by atoms with Crippen molar-refractivity contribution in [2.75, 3.05) is 50.5 Å². The molecule has 3 rings (SSSR count). The first kappa shape index (κ1) is 21.4. The number of carbonyl (C=O) groups is 2. The lowest BCUT2D eigenvalue weighted by Crippen LogP contribution is -2.41. The summed E-state index contributed by atoms with van der Waals surface area (Å²) in [6.07, 6.45) is 0. The van der Waals surface area contributed by atoms with Gasteiger partial charge in [-0.1, -0.05) is 30.3 Å². The maximum absolute atomic E-state index is 12.3. The topological polar surface area (TPSA) is 70.7 Å². The molecular formula is C22H27N3O3S. The van der Waals surface area contributed by atoms with E-state index < -0.39 is 0 Å². The van der Waals surface area contributed by atoms with E-state index in [0.29, 0.717) is 17.9 Å². The van der Waals surface area contributed by atoms with Crippen LogP contribution in [0, 0.1) is 0 Å². The quantitative estimate of drug-likeness (QED) is 0.661. The van der Waals surface area contributed by atoms with Gasteiger partial charge in [0.05, 0.1) is 19.0 Å². The number of nitrogens with zero attached hydrogens (tertiary/aromatic N) is 1. The zero-order valence-corrected chi connectivity index (χ0v) is 17.2. The van der Waals surface area contributed by atoms with Gasteiger partial charge in [-0.15, -0.1) is 11.8 Å². The molecule has 1 aliphatic heterocycles. The molecule has 2 amide bonds. The van der Waals surface area contributed by atoms with Crippen molar-refractivity contribution in [3.8, 4) is 0 Å². The van der Waals surface area contributed by atoms with Gasteiger partial charge in [-0.25, -0.2) is 0 Å². The van der Waals surface area contributed by atoms with E-state index >= 15 is 0 Å². The lowest BCUT2D eigenvalue weighted by molar-refractivity contribution is -0.113. The Morgan fingerprint density at radius 2 is 1.72 bits per heavy atom. The summed E-state index contributed by atoms with van der Waals surface area (Å²) in [5.41, 5.74) is 2.55. The van der Waals surface area contributed by atoms with Crippen LogP contribution in [0.25, 0.3) is 0 Å². The predicted octanol–water partition coefficient (Wildman–Crippen LogP) is 2.62. The molecule has 0 saturated carbocycles. The number of nitrogens with one attached hydrogen (secondary N) is 2. The molecule has 1 fully saturated rings. The minimum atomic E-state index is -0.0558. The second-order valence-corrected chi connectivity index (χ2v) is 7.80. The fourth-order valence-electron chi connectivity index (χ4n) is 2.99. The highest BCUT2D eigenvalue weighted by atomic mass is 32.2. The van der Waals surface area contributed by atoms with Crippen LogP contribution in [0.2, 0.25) is 0 Å². The largest absolute Gasteiger partial charge is 0.379 e. The standard InChI is InChI=1S/C22H27N3O3S/c26-21(24-20-4-2-1-3-5-20)17-29-16-18-6-8-19(9-7-18)22(27)23-10-11-25-12-14-28-15-13-25/h1-9H,10-17H2,(H,23,27)(H,24,26). The molecule has 6 nitrogen and oxygen atoms in total. The SMILES string of the molecule is O=C(CSCc1ccc(C(=O)NCCN2CCOCC2)cc1)Nc1ccccc1. The van der Waals surface area contributed by atoms with E-state index in [0.717, 1.165) is 49.9 Å². The highest BCUT2D eigenvalue weighted by Gasteiger charge is 2.11. The molecule has 0 radical (unpaired) electrons. The first-order valence-corrected chi connectivity index (χ1v) is 11.0. The zero-order chi connectivity index (χ0) is 20.3. The van der Waals surface area contributed by atoms with Gasteiger partial charge in [-0.05, 0) is 29.8 Å². The average molecular weight is 414 g/mol. The third kappa shape index (κ3) is 7.53. The van der Waals surface area contributed by atoms with Crippen LogP contribution < -0.4 is 10.6 Å². The van der Waals surface area contributed by atoms with E-state index in [9.17, 15) is 9.59 Å². The van der Waals surface area contributed by atoms with Crippen LogP contribution in [-0.4, -0.2) is 61.9 Å². The van der Waals surface area contributed by atoms with Gasteiger partial charge in [0.25, 0.3) is 5.91 Å². The normalized spacial score (nSPS) is 14.3. The van der Waals surface area contributed by atoms with Crippen molar-refractivity contribution in [2.45, 2.75) is 5.75 Å². The van der Waals surface area contributed by atoms with Crippen LogP contribution in [0.15, 0.2) is 54.6 Å². The second-order valence-electron chi connectivity index (χ2n) is 6.81. The number of amides is 2. The van der Waals surface area contributed by atoms with Crippen molar-refractivity contribution in [3.63, 3.8) is 0 Å². The molecule has 7 heteroatoms. The van der Waals surface area contributed by atoms with Crippen molar-refractivity contribution < 1.29 is 14.3 Å². The summed E-state index contributed by atoms with van der Waals surface area (Å²) in [6, 6.07) is 17.0. The Kier molecular flexibility index (Phi) is 8.55. The molecule has 0 unspecified atom stereocenters. The minimum absolute atomic E-state index is 0.0162. The van der Waals surface area contributed by atoms with Crippen molar-refractivity contribution in [3.05, 3.63) is 65.7 Å². The monoisotopic (exact) mass is 413 g/mol. The number of hydrogen-bond acceptors (Lipinski definition) is 5. The summed E-state index contributed by atoms with van der Waals surface area (Å²) < 4.78 is 5.32. The fourth-order valence-corrected chi connectivity index (χ4v) is 3.77. The van der Waals surface area contributed by atoms with E-state index in [-0.39, 0.29) is 11.8 Å². The Morgan fingerprint density at radius 3 is 2.45 bits per heavy atom. The zero-order valence-electron chi connectivity index (χ0n) is 16.4.